The number of amides is 1. The highest BCUT2D eigenvalue weighted by molar-refractivity contribution is 6.32. The lowest BCUT2D eigenvalue weighted by atomic mass is 9.92. The van der Waals surface area contributed by atoms with Crippen LogP contribution in [0.1, 0.15) is 43.0 Å². The summed E-state index contributed by atoms with van der Waals surface area (Å²) in [5, 5.41) is 4.97. The first-order valence-corrected chi connectivity index (χ1v) is 9.51. The number of carbonyl (C=O) groups excluding carboxylic acids is 1. The average Bonchev–Trinajstić information content (AvgIpc) is 3.18. The van der Waals surface area contributed by atoms with E-state index in [-0.39, 0.29) is 23.4 Å². The highest BCUT2D eigenvalue weighted by atomic mass is 35.5. The summed E-state index contributed by atoms with van der Waals surface area (Å²) in [6, 6.07) is 16.7. The van der Waals surface area contributed by atoms with Crippen LogP contribution in [0.3, 0.4) is 0 Å². The first kappa shape index (κ1) is 16.1. The first-order valence-electron chi connectivity index (χ1n) is 9.13. The van der Waals surface area contributed by atoms with E-state index in [1.165, 1.54) is 11.1 Å². The number of hydrogen-bond donors (Lipinski definition) is 0. The summed E-state index contributed by atoms with van der Waals surface area (Å²) in [4.78, 5) is 12.9. The fourth-order valence-corrected chi connectivity index (χ4v) is 5.10. The molecule has 2 saturated heterocycles. The monoisotopic (exact) mass is 364 g/mol. The van der Waals surface area contributed by atoms with Crippen molar-refractivity contribution in [3.63, 3.8) is 0 Å². The molecule has 0 saturated carbocycles. The average molecular weight is 365 g/mol. The minimum Gasteiger partial charge on any atom is -0.273 e. The SMILES string of the molecule is CC1(C)CC(=O)N2/C(=C/c3ccccc3Cl)C3Cc4ccccc4C3N21. The van der Waals surface area contributed by atoms with E-state index in [0.717, 1.165) is 22.7 Å². The zero-order valence-corrected chi connectivity index (χ0v) is 15.7. The maximum atomic E-state index is 12.9. The van der Waals surface area contributed by atoms with Gasteiger partial charge in [-0.1, -0.05) is 54.1 Å². The van der Waals surface area contributed by atoms with Gasteiger partial charge in [0.25, 0.3) is 0 Å². The van der Waals surface area contributed by atoms with Crippen molar-refractivity contribution in [2.24, 2.45) is 5.92 Å². The van der Waals surface area contributed by atoms with Gasteiger partial charge >= 0.3 is 0 Å². The number of nitrogens with zero attached hydrogens (tertiary/aromatic N) is 2. The van der Waals surface area contributed by atoms with Gasteiger partial charge in [-0.15, -0.1) is 0 Å². The maximum Gasteiger partial charge on any atom is 0.243 e. The Bertz CT molecular complexity index is 949. The molecule has 0 N–H and O–H groups in total. The Kier molecular flexibility index (Phi) is 3.37. The van der Waals surface area contributed by atoms with Crippen LogP contribution in [0.25, 0.3) is 6.08 Å². The molecule has 4 heteroatoms. The van der Waals surface area contributed by atoms with Crippen LogP contribution < -0.4 is 0 Å². The third kappa shape index (κ3) is 2.14. The van der Waals surface area contributed by atoms with Gasteiger partial charge in [-0.05, 0) is 49.1 Å². The summed E-state index contributed by atoms with van der Waals surface area (Å²) in [6.07, 6.45) is 3.62. The van der Waals surface area contributed by atoms with Crippen LogP contribution >= 0.6 is 11.6 Å². The molecular formula is C22H21ClN2O. The lowest BCUT2D eigenvalue weighted by Crippen LogP contribution is -2.43. The van der Waals surface area contributed by atoms with Gasteiger partial charge in [0.2, 0.25) is 5.91 Å². The standard InChI is InChI=1S/C22H21ClN2O/c1-22(2)13-20(26)24-19(12-15-8-4-6-10-18(15)23)17-11-14-7-3-5-9-16(14)21(17)25(22)24/h3-10,12,17,21H,11,13H2,1-2H3/b19-12+. The second kappa shape index (κ2) is 5.45. The predicted octanol–water partition coefficient (Wildman–Crippen LogP) is 4.84. The Labute approximate surface area is 158 Å². The molecule has 1 aliphatic carbocycles. The lowest BCUT2D eigenvalue weighted by molar-refractivity contribution is -0.134. The summed E-state index contributed by atoms with van der Waals surface area (Å²) in [5.41, 5.74) is 4.61. The van der Waals surface area contributed by atoms with Gasteiger partial charge < -0.3 is 0 Å². The van der Waals surface area contributed by atoms with Crippen molar-refractivity contribution in [3.05, 3.63) is 75.9 Å². The van der Waals surface area contributed by atoms with Gasteiger partial charge in [-0.3, -0.25) is 4.79 Å². The number of fused-ring (bicyclic) bond motifs is 5. The molecule has 2 atom stereocenters. The largest absolute Gasteiger partial charge is 0.273 e. The zero-order valence-electron chi connectivity index (χ0n) is 14.9. The van der Waals surface area contributed by atoms with E-state index in [4.69, 9.17) is 11.6 Å². The minimum absolute atomic E-state index is 0.181. The van der Waals surface area contributed by atoms with Crippen LogP contribution in [0.4, 0.5) is 0 Å². The molecular weight excluding hydrogens is 344 g/mol. The van der Waals surface area contributed by atoms with Crippen molar-refractivity contribution < 1.29 is 4.79 Å². The van der Waals surface area contributed by atoms with Crippen LogP contribution in [0.15, 0.2) is 54.2 Å². The number of benzene rings is 2. The van der Waals surface area contributed by atoms with E-state index in [9.17, 15) is 4.79 Å². The summed E-state index contributed by atoms with van der Waals surface area (Å²) < 4.78 is 0. The van der Waals surface area contributed by atoms with Gasteiger partial charge in [0.05, 0.1) is 6.04 Å². The highest BCUT2D eigenvalue weighted by Crippen LogP contribution is 2.57. The van der Waals surface area contributed by atoms with Crippen molar-refractivity contribution in [1.29, 1.82) is 0 Å². The number of rotatable bonds is 1. The molecule has 0 radical (unpaired) electrons. The first-order chi connectivity index (χ1) is 12.5. The summed E-state index contributed by atoms with van der Waals surface area (Å²) in [7, 11) is 0. The number of hydrazine groups is 1. The van der Waals surface area contributed by atoms with Crippen molar-refractivity contribution >= 4 is 23.6 Å². The van der Waals surface area contributed by atoms with E-state index < -0.39 is 0 Å². The summed E-state index contributed by atoms with van der Waals surface area (Å²) in [6.45, 7) is 4.34. The molecule has 26 heavy (non-hydrogen) atoms. The van der Waals surface area contributed by atoms with Crippen LogP contribution in [-0.2, 0) is 11.2 Å². The summed E-state index contributed by atoms with van der Waals surface area (Å²) >= 11 is 6.41. The predicted molar refractivity (Wildman–Crippen MR) is 103 cm³/mol. The van der Waals surface area contributed by atoms with E-state index in [1.807, 2.05) is 29.3 Å². The lowest BCUT2D eigenvalue weighted by Gasteiger charge is -2.35. The van der Waals surface area contributed by atoms with Crippen molar-refractivity contribution in [2.45, 2.75) is 38.3 Å². The van der Waals surface area contributed by atoms with Crippen molar-refractivity contribution in [1.82, 2.24) is 10.0 Å². The molecule has 2 aromatic carbocycles. The Morgan fingerprint density at radius 2 is 1.85 bits per heavy atom. The molecule has 2 unspecified atom stereocenters. The minimum atomic E-state index is -0.187. The van der Waals surface area contributed by atoms with Crippen LogP contribution in [0, 0.1) is 5.92 Å². The third-order valence-electron chi connectivity index (χ3n) is 5.95. The van der Waals surface area contributed by atoms with Gasteiger partial charge in [0, 0.05) is 28.6 Å². The molecule has 0 spiro atoms. The third-order valence-corrected chi connectivity index (χ3v) is 6.29. The number of carbonyl (C=O) groups is 1. The quantitative estimate of drug-likeness (QED) is 0.723. The zero-order chi connectivity index (χ0) is 18.1. The van der Waals surface area contributed by atoms with E-state index >= 15 is 0 Å². The molecule has 2 heterocycles. The molecule has 5 rings (SSSR count). The molecule has 1 amide bonds. The van der Waals surface area contributed by atoms with E-state index in [1.54, 1.807) is 0 Å². The fourth-order valence-electron chi connectivity index (χ4n) is 4.91. The van der Waals surface area contributed by atoms with E-state index in [0.29, 0.717) is 6.42 Å². The fraction of sp³-hybridized carbons (Fsp3) is 0.318. The summed E-state index contributed by atoms with van der Waals surface area (Å²) in [5.74, 6) is 0.465. The Hall–Kier alpha value is -2.10. The number of hydrogen-bond acceptors (Lipinski definition) is 2. The molecule has 3 aliphatic rings. The van der Waals surface area contributed by atoms with Gasteiger partial charge in [-0.2, -0.15) is 5.01 Å². The molecule has 0 aromatic heterocycles. The molecule has 2 fully saturated rings. The maximum absolute atomic E-state index is 12.9. The highest BCUT2D eigenvalue weighted by Gasteiger charge is 2.59. The Balaban J connectivity index is 1.70. The van der Waals surface area contributed by atoms with Crippen LogP contribution in [0.2, 0.25) is 5.02 Å². The Morgan fingerprint density at radius 3 is 2.65 bits per heavy atom. The van der Waals surface area contributed by atoms with E-state index in [2.05, 4.69) is 49.2 Å². The number of halogens is 1. The topological polar surface area (TPSA) is 23.6 Å². The smallest absolute Gasteiger partial charge is 0.243 e. The van der Waals surface area contributed by atoms with Gasteiger partial charge in [-0.25, -0.2) is 5.01 Å². The molecule has 2 aliphatic heterocycles. The normalized spacial score (nSPS) is 27.7. The second-order valence-electron chi connectivity index (χ2n) is 8.08. The molecule has 2 aromatic rings. The second-order valence-corrected chi connectivity index (χ2v) is 8.49. The van der Waals surface area contributed by atoms with Crippen molar-refractivity contribution in [3.8, 4) is 0 Å². The molecule has 0 bridgehead atoms. The van der Waals surface area contributed by atoms with Gasteiger partial charge in [0.1, 0.15) is 0 Å². The van der Waals surface area contributed by atoms with Gasteiger partial charge in [0.15, 0.2) is 0 Å². The van der Waals surface area contributed by atoms with Crippen molar-refractivity contribution in [2.75, 3.05) is 0 Å². The Morgan fingerprint density at radius 1 is 1.12 bits per heavy atom. The molecule has 3 nitrogen and oxygen atoms in total. The van der Waals surface area contributed by atoms with Crippen LogP contribution in [0.5, 0.6) is 0 Å². The van der Waals surface area contributed by atoms with Crippen LogP contribution in [-0.4, -0.2) is 21.5 Å². The molecule has 132 valence electrons.